The highest BCUT2D eigenvalue weighted by Crippen LogP contribution is 2.25. The lowest BCUT2D eigenvalue weighted by Crippen LogP contribution is -2.46. The molecule has 0 aromatic carbocycles. The van der Waals surface area contributed by atoms with E-state index >= 15 is 0 Å². The number of carbonyl (C=O) groups is 3. The van der Waals surface area contributed by atoms with E-state index in [9.17, 15) is 14.4 Å². The minimum atomic E-state index is -0.707. The lowest BCUT2D eigenvalue weighted by Gasteiger charge is -2.30. The minimum absolute atomic E-state index is 0.504. The summed E-state index contributed by atoms with van der Waals surface area (Å²) in [6, 6.07) is 0. The van der Waals surface area contributed by atoms with E-state index in [1.54, 1.807) is 13.8 Å². The first-order chi connectivity index (χ1) is 6.43. The predicted octanol–water partition coefficient (Wildman–Crippen LogP) is 0.274. The molecule has 78 valence electrons. The average Bonchev–Trinajstić information content (AvgIpc) is 2.09. The fourth-order valence-corrected chi connectivity index (χ4v) is 1.38. The second-order valence-corrected chi connectivity index (χ2v) is 3.39. The third kappa shape index (κ3) is 1.92. The molecule has 1 aliphatic heterocycles. The lowest BCUT2D eigenvalue weighted by molar-refractivity contribution is -0.185. The zero-order valence-electron chi connectivity index (χ0n) is 8.27. The summed E-state index contributed by atoms with van der Waals surface area (Å²) in [5.74, 6) is -2.96. The largest absolute Gasteiger partial charge is 0.461 e. The van der Waals surface area contributed by atoms with E-state index in [4.69, 9.17) is 4.74 Å². The van der Waals surface area contributed by atoms with Crippen LogP contribution in [0.25, 0.3) is 0 Å². The molecule has 0 amide bonds. The quantitative estimate of drug-likeness (QED) is 0.449. The second-order valence-electron chi connectivity index (χ2n) is 3.39. The molecule has 2 atom stereocenters. The van der Waals surface area contributed by atoms with Crippen LogP contribution in [-0.2, 0) is 23.9 Å². The van der Waals surface area contributed by atoms with E-state index in [1.165, 1.54) is 6.92 Å². The maximum absolute atomic E-state index is 11.1. The van der Waals surface area contributed by atoms with Crippen molar-refractivity contribution in [3.63, 3.8) is 0 Å². The summed E-state index contributed by atoms with van der Waals surface area (Å²) in [5.41, 5.74) is 0. The van der Waals surface area contributed by atoms with Crippen LogP contribution >= 0.6 is 0 Å². The molecule has 5 nitrogen and oxygen atoms in total. The zero-order chi connectivity index (χ0) is 10.9. The van der Waals surface area contributed by atoms with Crippen LogP contribution in [0, 0.1) is 11.8 Å². The third-order valence-electron chi connectivity index (χ3n) is 2.23. The van der Waals surface area contributed by atoms with Crippen LogP contribution in [0.15, 0.2) is 0 Å². The number of carbonyl (C=O) groups excluding carboxylic acids is 3. The van der Waals surface area contributed by atoms with Gasteiger partial charge in [-0.3, -0.25) is 14.4 Å². The van der Waals surface area contributed by atoms with Gasteiger partial charge in [-0.2, -0.15) is 0 Å². The van der Waals surface area contributed by atoms with Crippen molar-refractivity contribution in [1.82, 2.24) is 0 Å². The van der Waals surface area contributed by atoms with Gasteiger partial charge in [-0.1, -0.05) is 0 Å². The standard InChI is InChI=1S/C9H12O5/c1-4-7(13-6(3)10)5(2)9(12)14-8(4)11/h4-5,7H,1-3H3/t4-,5-/m1/s1. The minimum Gasteiger partial charge on any atom is -0.461 e. The van der Waals surface area contributed by atoms with Gasteiger partial charge in [0.1, 0.15) is 6.10 Å². The zero-order valence-corrected chi connectivity index (χ0v) is 8.27. The Kier molecular flexibility index (Phi) is 2.88. The summed E-state index contributed by atoms with van der Waals surface area (Å²) in [4.78, 5) is 32.9. The van der Waals surface area contributed by atoms with E-state index < -0.39 is 35.8 Å². The number of cyclic esters (lactones) is 2. The maximum Gasteiger partial charge on any atom is 0.320 e. The summed E-state index contributed by atoms with van der Waals surface area (Å²) in [7, 11) is 0. The number of ether oxygens (including phenoxy) is 2. The number of esters is 3. The molecule has 1 heterocycles. The summed E-state index contributed by atoms with van der Waals surface area (Å²) in [5, 5.41) is 0. The molecule has 0 spiro atoms. The van der Waals surface area contributed by atoms with Crippen molar-refractivity contribution >= 4 is 17.9 Å². The van der Waals surface area contributed by atoms with Crippen LogP contribution in [0.3, 0.4) is 0 Å². The Morgan fingerprint density at radius 1 is 1.21 bits per heavy atom. The Balaban J connectivity index is 2.82. The molecule has 0 unspecified atom stereocenters. The first-order valence-electron chi connectivity index (χ1n) is 4.36. The first-order valence-corrected chi connectivity index (χ1v) is 4.36. The molecule has 0 aliphatic carbocycles. The topological polar surface area (TPSA) is 69.7 Å². The summed E-state index contributed by atoms with van der Waals surface area (Å²) in [6.07, 6.45) is -0.707. The third-order valence-corrected chi connectivity index (χ3v) is 2.23. The van der Waals surface area contributed by atoms with Crippen LogP contribution < -0.4 is 0 Å². The van der Waals surface area contributed by atoms with Crippen LogP contribution in [0.4, 0.5) is 0 Å². The molecular formula is C9H12O5. The van der Waals surface area contributed by atoms with Gasteiger partial charge >= 0.3 is 17.9 Å². The normalized spacial score (nSPS) is 28.5. The van der Waals surface area contributed by atoms with Crippen molar-refractivity contribution in [1.29, 1.82) is 0 Å². The molecule has 0 bridgehead atoms. The summed E-state index contributed by atoms with van der Waals surface area (Å²) < 4.78 is 9.35. The summed E-state index contributed by atoms with van der Waals surface area (Å²) in [6.45, 7) is 4.38. The highest BCUT2D eigenvalue weighted by Gasteiger charge is 2.43. The van der Waals surface area contributed by atoms with Crippen molar-refractivity contribution in [2.45, 2.75) is 26.9 Å². The van der Waals surface area contributed by atoms with Gasteiger partial charge in [-0.25, -0.2) is 0 Å². The maximum atomic E-state index is 11.1. The molecule has 0 saturated carbocycles. The van der Waals surface area contributed by atoms with Gasteiger partial charge in [0.05, 0.1) is 11.8 Å². The monoisotopic (exact) mass is 200 g/mol. The molecule has 1 saturated heterocycles. The molecule has 0 radical (unpaired) electrons. The van der Waals surface area contributed by atoms with Gasteiger partial charge in [-0.15, -0.1) is 0 Å². The van der Waals surface area contributed by atoms with Crippen molar-refractivity contribution < 1.29 is 23.9 Å². The molecule has 1 fully saturated rings. The fraction of sp³-hybridized carbons (Fsp3) is 0.667. The van der Waals surface area contributed by atoms with Gasteiger partial charge < -0.3 is 9.47 Å². The Labute approximate surface area is 81.4 Å². The van der Waals surface area contributed by atoms with Gasteiger partial charge in [0.25, 0.3) is 0 Å². The van der Waals surface area contributed by atoms with Crippen molar-refractivity contribution in [3.8, 4) is 0 Å². The molecule has 0 aromatic heterocycles. The van der Waals surface area contributed by atoms with Crippen LogP contribution in [-0.4, -0.2) is 24.0 Å². The van der Waals surface area contributed by atoms with Crippen LogP contribution in [0.2, 0.25) is 0 Å². The molecule has 5 heteroatoms. The summed E-state index contributed by atoms with van der Waals surface area (Å²) >= 11 is 0. The van der Waals surface area contributed by atoms with Crippen LogP contribution in [0.1, 0.15) is 20.8 Å². The Bertz CT molecular complexity index is 263. The average molecular weight is 200 g/mol. The van der Waals surface area contributed by atoms with E-state index in [1.807, 2.05) is 0 Å². The number of rotatable bonds is 1. The van der Waals surface area contributed by atoms with Crippen molar-refractivity contribution in [2.75, 3.05) is 0 Å². The molecule has 14 heavy (non-hydrogen) atoms. The highest BCUT2D eigenvalue weighted by atomic mass is 16.6. The van der Waals surface area contributed by atoms with E-state index in [-0.39, 0.29) is 0 Å². The van der Waals surface area contributed by atoms with Gasteiger partial charge in [-0.05, 0) is 13.8 Å². The van der Waals surface area contributed by atoms with E-state index in [2.05, 4.69) is 4.74 Å². The Hall–Kier alpha value is -1.39. The predicted molar refractivity (Wildman–Crippen MR) is 45.0 cm³/mol. The number of hydrogen-bond acceptors (Lipinski definition) is 5. The lowest BCUT2D eigenvalue weighted by atomic mass is 9.91. The van der Waals surface area contributed by atoms with Gasteiger partial charge in [0, 0.05) is 6.92 Å². The molecule has 1 rings (SSSR count). The van der Waals surface area contributed by atoms with Crippen LogP contribution in [0.5, 0.6) is 0 Å². The fourth-order valence-electron chi connectivity index (χ4n) is 1.38. The SMILES string of the molecule is CC(=O)OC1[C@@H](C)C(=O)OC(=O)[C@@H]1C. The van der Waals surface area contributed by atoms with E-state index in [0.717, 1.165) is 0 Å². The molecule has 0 aromatic rings. The van der Waals surface area contributed by atoms with E-state index in [0.29, 0.717) is 0 Å². The Morgan fingerprint density at radius 2 is 1.64 bits per heavy atom. The first kappa shape index (κ1) is 10.7. The van der Waals surface area contributed by atoms with Gasteiger partial charge in [0.15, 0.2) is 0 Å². The van der Waals surface area contributed by atoms with Crippen molar-refractivity contribution in [2.24, 2.45) is 11.8 Å². The molecule has 0 N–H and O–H groups in total. The molecular weight excluding hydrogens is 188 g/mol. The number of hydrogen-bond donors (Lipinski definition) is 0. The van der Waals surface area contributed by atoms with Crippen molar-refractivity contribution in [3.05, 3.63) is 0 Å². The second kappa shape index (κ2) is 3.77. The molecule has 1 aliphatic rings. The Morgan fingerprint density at radius 3 is 2.00 bits per heavy atom. The van der Waals surface area contributed by atoms with Gasteiger partial charge in [0.2, 0.25) is 0 Å². The highest BCUT2D eigenvalue weighted by molar-refractivity contribution is 5.91. The smallest absolute Gasteiger partial charge is 0.320 e.